The number of hydrogen-bond donors (Lipinski definition) is 1. The van der Waals surface area contributed by atoms with Gasteiger partial charge in [-0.2, -0.15) is 0 Å². The predicted molar refractivity (Wildman–Crippen MR) is 99.6 cm³/mol. The van der Waals surface area contributed by atoms with E-state index in [9.17, 15) is 9.18 Å². The molecule has 5 heteroatoms. The molecule has 1 atom stereocenters. The van der Waals surface area contributed by atoms with E-state index in [-0.39, 0.29) is 17.9 Å². The number of nitrogens with one attached hydrogen (secondary N) is 1. The third-order valence-corrected chi connectivity index (χ3v) is 4.75. The van der Waals surface area contributed by atoms with Crippen molar-refractivity contribution >= 4 is 11.7 Å². The molecule has 4 rings (SSSR count). The number of carbonyl (C=O) groups is 1. The summed E-state index contributed by atoms with van der Waals surface area (Å²) in [6.07, 6.45) is 2.02. The third-order valence-electron chi connectivity index (χ3n) is 4.75. The number of nitrogens with zero attached hydrogens (tertiary/aromatic N) is 2. The van der Waals surface area contributed by atoms with Crippen LogP contribution >= 0.6 is 0 Å². The van der Waals surface area contributed by atoms with Crippen LogP contribution in [0.25, 0.3) is 0 Å². The Morgan fingerprint density at radius 1 is 1.08 bits per heavy atom. The van der Waals surface area contributed by atoms with E-state index in [0.717, 1.165) is 29.1 Å². The van der Waals surface area contributed by atoms with Crippen molar-refractivity contribution in [2.45, 2.75) is 19.5 Å². The van der Waals surface area contributed by atoms with E-state index in [1.807, 2.05) is 54.4 Å². The first-order chi connectivity index (χ1) is 12.6. The number of carbonyl (C=O) groups excluding carboxylic acids is 1. The summed E-state index contributed by atoms with van der Waals surface area (Å²) in [5.74, 6) is -0.282. The van der Waals surface area contributed by atoms with Crippen LogP contribution in [-0.2, 0) is 6.54 Å². The average Bonchev–Trinajstić information content (AvgIpc) is 3.10. The number of aromatic nitrogens is 1. The normalized spacial score (nSPS) is 16.2. The lowest BCUT2D eigenvalue weighted by atomic mass is 10.0. The Labute approximate surface area is 151 Å². The molecule has 0 radical (unpaired) electrons. The maximum Gasteiger partial charge on any atom is 0.322 e. The van der Waals surface area contributed by atoms with Crippen molar-refractivity contribution in [3.63, 3.8) is 0 Å². The fraction of sp³-hybridized carbons (Fsp3) is 0.190. The number of benzene rings is 2. The monoisotopic (exact) mass is 349 g/mol. The van der Waals surface area contributed by atoms with Crippen molar-refractivity contribution in [3.05, 3.63) is 89.5 Å². The number of halogens is 1. The largest absolute Gasteiger partial charge is 0.348 e. The molecule has 1 N–H and O–H groups in total. The molecule has 0 saturated heterocycles. The molecule has 132 valence electrons. The SMILES string of the molecule is Cc1cccc(NC(=O)N2CCn3cccc3C2c2ccc(F)cc2)c1. The lowest BCUT2D eigenvalue weighted by molar-refractivity contribution is 0.182. The second kappa shape index (κ2) is 6.67. The van der Waals surface area contributed by atoms with Crippen LogP contribution in [0.4, 0.5) is 14.9 Å². The number of rotatable bonds is 2. The zero-order chi connectivity index (χ0) is 18.1. The third kappa shape index (κ3) is 3.08. The van der Waals surface area contributed by atoms with Gasteiger partial charge in [0.1, 0.15) is 5.82 Å². The molecule has 1 aliphatic heterocycles. The molecule has 0 bridgehead atoms. The molecule has 4 nitrogen and oxygen atoms in total. The second-order valence-corrected chi connectivity index (χ2v) is 6.57. The Morgan fingerprint density at radius 3 is 2.65 bits per heavy atom. The van der Waals surface area contributed by atoms with Crippen LogP contribution in [0.3, 0.4) is 0 Å². The van der Waals surface area contributed by atoms with Gasteiger partial charge in [0.2, 0.25) is 0 Å². The number of urea groups is 1. The van der Waals surface area contributed by atoms with Crippen molar-refractivity contribution in [1.82, 2.24) is 9.47 Å². The molecule has 2 amide bonds. The maximum absolute atomic E-state index is 13.4. The minimum atomic E-state index is -0.282. The van der Waals surface area contributed by atoms with Gasteiger partial charge in [-0.3, -0.25) is 0 Å². The van der Waals surface area contributed by atoms with E-state index in [2.05, 4.69) is 9.88 Å². The summed E-state index contributed by atoms with van der Waals surface area (Å²) in [5, 5.41) is 2.99. The molecular weight excluding hydrogens is 329 g/mol. The van der Waals surface area contributed by atoms with Crippen molar-refractivity contribution in [1.29, 1.82) is 0 Å². The smallest absolute Gasteiger partial charge is 0.322 e. The fourth-order valence-corrected chi connectivity index (χ4v) is 3.52. The highest BCUT2D eigenvalue weighted by Gasteiger charge is 2.32. The summed E-state index contributed by atoms with van der Waals surface area (Å²) in [4.78, 5) is 14.8. The zero-order valence-corrected chi connectivity index (χ0v) is 14.5. The molecule has 2 aromatic carbocycles. The molecule has 0 spiro atoms. The van der Waals surface area contributed by atoms with E-state index < -0.39 is 0 Å². The molecule has 1 unspecified atom stereocenters. The van der Waals surface area contributed by atoms with Gasteiger partial charge >= 0.3 is 6.03 Å². The quantitative estimate of drug-likeness (QED) is 0.723. The van der Waals surface area contributed by atoms with Crippen LogP contribution in [0.15, 0.2) is 66.9 Å². The summed E-state index contributed by atoms with van der Waals surface area (Å²) in [5.41, 5.74) is 3.78. The minimum Gasteiger partial charge on any atom is -0.348 e. The van der Waals surface area contributed by atoms with E-state index in [4.69, 9.17) is 0 Å². The molecular formula is C21H20FN3O. The minimum absolute atomic E-state index is 0.155. The van der Waals surface area contributed by atoms with Gasteiger partial charge < -0.3 is 14.8 Å². The number of amides is 2. The topological polar surface area (TPSA) is 37.3 Å². The molecule has 1 aromatic heterocycles. The van der Waals surface area contributed by atoms with Crippen LogP contribution in [0.1, 0.15) is 22.9 Å². The highest BCUT2D eigenvalue weighted by atomic mass is 19.1. The van der Waals surface area contributed by atoms with E-state index in [1.54, 1.807) is 12.1 Å². The van der Waals surface area contributed by atoms with Crippen LogP contribution in [-0.4, -0.2) is 22.0 Å². The van der Waals surface area contributed by atoms with Gasteiger partial charge in [0.25, 0.3) is 0 Å². The summed E-state index contributed by atoms with van der Waals surface area (Å²) in [6, 6.07) is 17.7. The van der Waals surface area contributed by atoms with Crippen molar-refractivity contribution in [2.24, 2.45) is 0 Å². The van der Waals surface area contributed by atoms with Crippen LogP contribution < -0.4 is 5.32 Å². The number of fused-ring (bicyclic) bond motifs is 1. The molecule has 1 aliphatic rings. The first kappa shape index (κ1) is 16.4. The Bertz CT molecular complexity index is 932. The molecule has 0 fully saturated rings. The van der Waals surface area contributed by atoms with E-state index in [1.165, 1.54) is 12.1 Å². The lowest BCUT2D eigenvalue weighted by Crippen LogP contribution is -2.44. The van der Waals surface area contributed by atoms with E-state index >= 15 is 0 Å². The molecule has 0 saturated carbocycles. The zero-order valence-electron chi connectivity index (χ0n) is 14.5. The molecule has 0 aliphatic carbocycles. The Hall–Kier alpha value is -3.08. The Balaban J connectivity index is 1.67. The summed E-state index contributed by atoms with van der Waals surface area (Å²) >= 11 is 0. The highest BCUT2D eigenvalue weighted by molar-refractivity contribution is 5.90. The summed E-state index contributed by atoms with van der Waals surface area (Å²) in [7, 11) is 0. The Morgan fingerprint density at radius 2 is 1.88 bits per heavy atom. The highest BCUT2D eigenvalue weighted by Crippen LogP contribution is 2.33. The van der Waals surface area contributed by atoms with Crippen LogP contribution in [0, 0.1) is 12.7 Å². The van der Waals surface area contributed by atoms with Gasteiger partial charge in [-0.1, -0.05) is 24.3 Å². The van der Waals surface area contributed by atoms with Crippen molar-refractivity contribution < 1.29 is 9.18 Å². The predicted octanol–water partition coefficient (Wildman–Crippen LogP) is 4.57. The van der Waals surface area contributed by atoms with Gasteiger partial charge in [0.15, 0.2) is 0 Å². The Kier molecular flexibility index (Phi) is 4.21. The fourth-order valence-electron chi connectivity index (χ4n) is 3.52. The summed E-state index contributed by atoms with van der Waals surface area (Å²) < 4.78 is 15.5. The first-order valence-electron chi connectivity index (χ1n) is 8.66. The van der Waals surface area contributed by atoms with Crippen LogP contribution in [0.2, 0.25) is 0 Å². The van der Waals surface area contributed by atoms with Gasteiger partial charge in [-0.05, 0) is 54.4 Å². The molecule has 26 heavy (non-hydrogen) atoms. The molecule has 3 aromatic rings. The van der Waals surface area contributed by atoms with E-state index in [0.29, 0.717) is 6.54 Å². The first-order valence-corrected chi connectivity index (χ1v) is 8.66. The van der Waals surface area contributed by atoms with Crippen molar-refractivity contribution in [2.75, 3.05) is 11.9 Å². The van der Waals surface area contributed by atoms with Crippen molar-refractivity contribution in [3.8, 4) is 0 Å². The van der Waals surface area contributed by atoms with Gasteiger partial charge in [0.05, 0.1) is 6.04 Å². The number of hydrogen-bond acceptors (Lipinski definition) is 1. The van der Waals surface area contributed by atoms with Gasteiger partial charge in [-0.15, -0.1) is 0 Å². The summed E-state index contributed by atoms with van der Waals surface area (Å²) in [6.45, 7) is 3.31. The van der Waals surface area contributed by atoms with Crippen LogP contribution in [0.5, 0.6) is 0 Å². The standard InChI is InChI=1S/C21H20FN3O/c1-15-4-2-5-18(14-15)23-21(26)25-13-12-24-11-3-6-19(24)20(25)16-7-9-17(22)10-8-16/h2-11,14,20H,12-13H2,1H3,(H,23,26). The van der Waals surface area contributed by atoms with Gasteiger partial charge in [-0.25, -0.2) is 9.18 Å². The maximum atomic E-state index is 13.4. The number of anilines is 1. The number of aryl methyl sites for hydroxylation is 1. The van der Waals surface area contributed by atoms with Gasteiger partial charge in [0, 0.05) is 30.7 Å². The molecule has 2 heterocycles. The second-order valence-electron chi connectivity index (χ2n) is 6.57. The average molecular weight is 349 g/mol. The lowest BCUT2D eigenvalue weighted by Gasteiger charge is -2.37.